The lowest BCUT2D eigenvalue weighted by atomic mass is 10.3. The maximum Gasteiger partial charge on any atom is 0.224 e. The molecule has 0 bridgehead atoms. The Bertz CT molecular complexity index is 746. The monoisotopic (exact) mass is 311 g/mol. The molecule has 4 nitrogen and oxygen atoms in total. The SMILES string of the molecule is O=C(CCn1c(=S)[nH]c2ccc(F)c(F)c21)N1CCCC1. The second-order valence-electron chi connectivity index (χ2n) is 5.18. The van der Waals surface area contributed by atoms with E-state index in [9.17, 15) is 13.6 Å². The minimum atomic E-state index is -0.937. The quantitative estimate of drug-likeness (QED) is 0.885. The van der Waals surface area contributed by atoms with E-state index in [1.807, 2.05) is 0 Å². The summed E-state index contributed by atoms with van der Waals surface area (Å²) < 4.78 is 29.1. The van der Waals surface area contributed by atoms with Crippen molar-refractivity contribution in [3.05, 3.63) is 28.5 Å². The fourth-order valence-corrected chi connectivity index (χ4v) is 3.03. The summed E-state index contributed by atoms with van der Waals surface area (Å²) in [6.45, 7) is 1.80. The number of aromatic nitrogens is 2. The largest absolute Gasteiger partial charge is 0.343 e. The zero-order valence-electron chi connectivity index (χ0n) is 11.4. The third kappa shape index (κ3) is 2.57. The van der Waals surface area contributed by atoms with Gasteiger partial charge in [-0.15, -0.1) is 0 Å². The zero-order chi connectivity index (χ0) is 15.0. The lowest BCUT2D eigenvalue weighted by Gasteiger charge is -2.15. The Morgan fingerprint density at radius 2 is 2.00 bits per heavy atom. The Kier molecular flexibility index (Phi) is 3.75. The molecule has 0 saturated carbocycles. The van der Waals surface area contributed by atoms with Crippen molar-refractivity contribution in [3.8, 4) is 0 Å². The smallest absolute Gasteiger partial charge is 0.224 e. The van der Waals surface area contributed by atoms with E-state index in [-0.39, 0.29) is 24.4 Å². The first-order chi connectivity index (χ1) is 10.1. The highest BCUT2D eigenvalue weighted by molar-refractivity contribution is 7.71. The number of H-pyrrole nitrogens is 1. The molecule has 0 unspecified atom stereocenters. The maximum absolute atomic E-state index is 13.9. The molecule has 2 heterocycles. The minimum absolute atomic E-state index is 0.0283. The van der Waals surface area contributed by atoms with Gasteiger partial charge in [0.2, 0.25) is 5.91 Å². The van der Waals surface area contributed by atoms with Crippen molar-refractivity contribution in [1.29, 1.82) is 0 Å². The second-order valence-corrected chi connectivity index (χ2v) is 5.56. The van der Waals surface area contributed by atoms with Gasteiger partial charge in [0.1, 0.15) is 5.52 Å². The number of benzene rings is 1. The number of halogens is 2. The van der Waals surface area contributed by atoms with Crippen molar-refractivity contribution in [2.24, 2.45) is 0 Å². The summed E-state index contributed by atoms with van der Waals surface area (Å²) in [5.41, 5.74) is 0.529. The van der Waals surface area contributed by atoms with Gasteiger partial charge < -0.3 is 14.5 Å². The van der Waals surface area contributed by atoms with Crippen LogP contribution in [0.2, 0.25) is 0 Å². The van der Waals surface area contributed by atoms with Gasteiger partial charge in [0.05, 0.1) is 5.52 Å². The standard InChI is InChI=1S/C14H15F2N3OS/c15-9-3-4-10-13(12(9)16)19(14(21)17-10)8-5-11(20)18-6-1-2-7-18/h3-4H,1-2,5-8H2,(H,17,21). The molecule has 0 spiro atoms. The van der Waals surface area contributed by atoms with Gasteiger partial charge in [-0.25, -0.2) is 8.78 Å². The van der Waals surface area contributed by atoms with Crippen LogP contribution in [0.15, 0.2) is 12.1 Å². The summed E-state index contributed by atoms with van der Waals surface area (Å²) in [5.74, 6) is -1.83. The fraction of sp³-hybridized carbons (Fsp3) is 0.429. The second kappa shape index (κ2) is 5.55. The average molecular weight is 311 g/mol. The number of rotatable bonds is 3. The summed E-state index contributed by atoms with van der Waals surface area (Å²) in [7, 11) is 0. The van der Waals surface area contributed by atoms with E-state index in [1.54, 1.807) is 4.90 Å². The Morgan fingerprint density at radius 1 is 1.29 bits per heavy atom. The molecule has 1 aliphatic heterocycles. The molecule has 1 fully saturated rings. The predicted octanol–water partition coefficient (Wildman–Crippen LogP) is 2.99. The van der Waals surface area contributed by atoms with Crippen LogP contribution in [0.25, 0.3) is 11.0 Å². The molecule has 112 valence electrons. The molecular weight excluding hydrogens is 296 g/mol. The number of aromatic amines is 1. The predicted molar refractivity (Wildman–Crippen MR) is 77.5 cm³/mol. The lowest BCUT2D eigenvalue weighted by molar-refractivity contribution is -0.130. The number of imidazole rings is 1. The zero-order valence-corrected chi connectivity index (χ0v) is 12.2. The van der Waals surface area contributed by atoms with Gasteiger partial charge in [-0.2, -0.15) is 0 Å². The summed E-state index contributed by atoms with van der Waals surface area (Å²) in [6.07, 6.45) is 2.29. The summed E-state index contributed by atoms with van der Waals surface area (Å²) in [4.78, 5) is 16.7. The van der Waals surface area contributed by atoms with Crippen LogP contribution in [-0.4, -0.2) is 33.4 Å². The van der Waals surface area contributed by atoms with Crippen LogP contribution < -0.4 is 0 Å². The van der Waals surface area contributed by atoms with E-state index in [2.05, 4.69) is 4.98 Å². The highest BCUT2D eigenvalue weighted by atomic mass is 32.1. The first kappa shape index (κ1) is 14.2. The highest BCUT2D eigenvalue weighted by Crippen LogP contribution is 2.21. The molecule has 0 atom stereocenters. The first-order valence-corrected chi connectivity index (χ1v) is 7.33. The van der Waals surface area contributed by atoms with Gasteiger partial charge in [0.25, 0.3) is 0 Å². The van der Waals surface area contributed by atoms with Gasteiger partial charge in [-0.1, -0.05) is 0 Å². The van der Waals surface area contributed by atoms with Crippen LogP contribution in [0.4, 0.5) is 8.78 Å². The van der Waals surface area contributed by atoms with Crippen molar-refractivity contribution in [2.45, 2.75) is 25.8 Å². The Balaban J connectivity index is 1.86. The molecule has 7 heteroatoms. The molecular formula is C14H15F2N3OS. The average Bonchev–Trinajstić information content (AvgIpc) is 3.08. The van der Waals surface area contributed by atoms with Gasteiger partial charge in [0, 0.05) is 26.1 Å². The van der Waals surface area contributed by atoms with E-state index < -0.39 is 11.6 Å². The Morgan fingerprint density at radius 3 is 2.71 bits per heavy atom. The number of hydrogen-bond donors (Lipinski definition) is 1. The molecule has 2 aromatic rings. The van der Waals surface area contributed by atoms with Crippen molar-refractivity contribution in [2.75, 3.05) is 13.1 Å². The highest BCUT2D eigenvalue weighted by Gasteiger charge is 2.19. The normalized spacial score (nSPS) is 15.0. The van der Waals surface area contributed by atoms with Gasteiger partial charge in [-0.3, -0.25) is 4.79 Å². The Labute approximate surface area is 125 Å². The minimum Gasteiger partial charge on any atom is -0.343 e. The summed E-state index contributed by atoms with van der Waals surface area (Å²) >= 11 is 5.14. The number of carbonyl (C=O) groups is 1. The van der Waals surface area contributed by atoms with Crippen LogP contribution in [0, 0.1) is 16.4 Å². The molecule has 1 amide bonds. The van der Waals surface area contributed by atoms with E-state index in [1.165, 1.54) is 10.6 Å². The molecule has 1 N–H and O–H groups in total. The lowest BCUT2D eigenvalue weighted by Crippen LogP contribution is -2.28. The number of nitrogens with zero attached hydrogens (tertiary/aromatic N) is 2. The van der Waals surface area contributed by atoms with Gasteiger partial charge >= 0.3 is 0 Å². The maximum atomic E-state index is 13.9. The fourth-order valence-electron chi connectivity index (χ4n) is 2.73. The number of carbonyl (C=O) groups excluding carboxylic acids is 1. The van der Waals surface area contributed by atoms with E-state index in [0.717, 1.165) is 32.0 Å². The van der Waals surface area contributed by atoms with Crippen LogP contribution in [0.5, 0.6) is 0 Å². The molecule has 3 rings (SSSR count). The first-order valence-electron chi connectivity index (χ1n) is 6.92. The van der Waals surface area contributed by atoms with Gasteiger partial charge in [-0.05, 0) is 37.2 Å². The molecule has 1 aromatic carbocycles. The van der Waals surface area contributed by atoms with Crippen LogP contribution in [0.1, 0.15) is 19.3 Å². The number of hydrogen-bond acceptors (Lipinski definition) is 2. The molecule has 1 aromatic heterocycles. The van der Waals surface area contributed by atoms with Crippen molar-refractivity contribution >= 4 is 29.2 Å². The summed E-state index contributed by atoms with van der Waals surface area (Å²) in [6, 6.07) is 2.50. The topological polar surface area (TPSA) is 41.0 Å². The third-order valence-corrected chi connectivity index (χ3v) is 4.16. The molecule has 1 saturated heterocycles. The van der Waals surface area contributed by atoms with Crippen LogP contribution >= 0.6 is 12.2 Å². The number of nitrogens with one attached hydrogen (secondary N) is 1. The van der Waals surface area contributed by atoms with E-state index in [0.29, 0.717) is 10.3 Å². The number of aryl methyl sites for hydroxylation is 1. The summed E-state index contributed by atoms with van der Waals surface area (Å²) in [5, 5.41) is 0. The molecule has 0 aliphatic carbocycles. The van der Waals surface area contributed by atoms with E-state index >= 15 is 0 Å². The number of fused-ring (bicyclic) bond motifs is 1. The van der Waals surface area contributed by atoms with Crippen molar-refractivity contribution in [1.82, 2.24) is 14.5 Å². The molecule has 21 heavy (non-hydrogen) atoms. The van der Waals surface area contributed by atoms with Crippen molar-refractivity contribution in [3.63, 3.8) is 0 Å². The van der Waals surface area contributed by atoms with E-state index in [4.69, 9.17) is 12.2 Å². The van der Waals surface area contributed by atoms with Crippen molar-refractivity contribution < 1.29 is 13.6 Å². The Hall–Kier alpha value is -1.76. The molecule has 0 radical (unpaired) electrons. The third-order valence-electron chi connectivity index (χ3n) is 3.83. The van der Waals surface area contributed by atoms with Crippen LogP contribution in [0.3, 0.4) is 0 Å². The number of likely N-dealkylation sites (tertiary alicyclic amines) is 1. The molecule has 1 aliphatic rings. The van der Waals surface area contributed by atoms with Crippen LogP contribution in [-0.2, 0) is 11.3 Å². The number of amides is 1. The van der Waals surface area contributed by atoms with Gasteiger partial charge in [0.15, 0.2) is 16.4 Å².